The van der Waals surface area contributed by atoms with Gasteiger partial charge in [0.1, 0.15) is 17.9 Å². The summed E-state index contributed by atoms with van der Waals surface area (Å²) in [6.45, 7) is 0.478. The number of carboxylic acid groups (broad SMARTS) is 1. The Morgan fingerprint density at radius 3 is 2.23 bits per heavy atom. The number of alkyl carbamates (subject to hydrolysis) is 1. The van der Waals surface area contributed by atoms with Crippen molar-refractivity contribution in [1.29, 1.82) is 0 Å². The summed E-state index contributed by atoms with van der Waals surface area (Å²) < 4.78 is 5.46. The lowest BCUT2D eigenvalue weighted by atomic mass is 9.98. The Morgan fingerprint density at radius 2 is 1.61 bits per heavy atom. The third-order valence-corrected chi connectivity index (χ3v) is 5.27. The molecule has 0 spiro atoms. The number of hydrogen-bond acceptors (Lipinski definition) is 4. The SMILES string of the molecule is O=C(NCC=Cc1ccc(C(=O)O)c(O)c1)OCC1c2ccccc2-c2ccccc21. The molecule has 31 heavy (non-hydrogen) atoms. The molecule has 156 valence electrons. The first-order chi connectivity index (χ1) is 15.0. The monoisotopic (exact) mass is 415 g/mol. The molecule has 0 aliphatic heterocycles. The van der Waals surface area contributed by atoms with Gasteiger partial charge in [0.05, 0.1) is 0 Å². The van der Waals surface area contributed by atoms with Crippen LogP contribution in [-0.2, 0) is 4.74 Å². The minimum Gasteiger partial charge on any atom is -0.507 e. The van der Waals surface area contributed by atoms with E-state index >= 15 is 0 Å². The van der Waals surface area contributed by atoms with Crippen molar-refractivity contribution in [2.24, 2.45) is 0 Å². The van der Waals surface area contributed by atoms with E-state index in [9.17, 15) is 14.7 Å². The van der Waals surface area contributed by atoms with Crippen LogP contribution in [0.15, 0.2) is 72.8 Å². The predicted octanol–water partition coefficient (Wildman–Crippen LogP) is 4.64. The summed E-state index contributed by atoms with van der Waals surface area (Å²) in [6.07, 6.45) is 2.85. The molecule has 4 rings (SSSR count). The Bertz CT molecular complexity index is 1120. The number of carbonyl (C=O) groups is 2. The number of carbonyl (C=O) groups excluding carboxylic acids is 1. The molecule has 0 bridgehead atoms. The van der Waals surface area contributed by atoms with E-state index in [0.717, 1.165) is 11.1 Å². The Kier molecular flexibility index (Phi) is 5.71. The maximum Gasteiger partial charge on any atom is 0.407 e. The maximum absolute atomic E-state index is 12.1. The van der Waals surface area contributed by atoms with Gasteiger partial charge in [0.2, 0.25) is 0 Å². The van der Waals surface area contributed by atoms with Crippen LogP contribution in [0.5, 0.6) is 5.75 Å². The lowest BCUT2D eigenvalue weighted by Crippen LogP contribution is -2.26. The summed E-state index contributed by atoms with van der Waals surface area (Å²) in [5, 5.41) is 21.3. The summed E-state index contributed by atoms with van der Waals surface area (Å²) in [4.78, 5) is 23.1. The standard InChI is InChI=1S/C25H21NO5/c27-23-14-16(11-12-21(23)24(28)29)6-5-13-26-25(30)31-15-22-19-9-3-1-7-17(19)18-8-2-4-10-20(18)22/h1-12,14,22,27H,13,15H2,(H,26,30)(H,28,29). The van der Waals surface area contributed by atoms with Crippen LogP contribution in [0, 0.1) is 0 Å². The predicted molar refractivity (Wildman–Crippen MR) is 117 cm³/mol. The van der Waals surface area contributed by atoms with Crippen LogP contribution in [0.4, 0.5) is 4.79 Å². The zero-order valence-corrected chi connectivity index (χ0v) is 16.6. The average molecular weight is 415 g/mol. The van der Waals surface area contributed by atoms with Gasteiger partial charge in [-0.25, -0.2) is 9.59 Å². The Labute approximate surface area is 179 Å². The van der Waals surface area contributed by atoms with Crippen LogP contribution in [0.25, 0.3) is 17.2 Å². The van der Waals surface area contributed by atoms with E-state index in [0.29, 0.717) is 5.56 Å². The molecule has 3 N–H and O–H groups in total. The van der Waals surface area contributed by atoms with Gasteiger partial charge in [-0.1, -0.05) is 66.7 Å². The van der Waals surface area contributed by atoms with Crippen molar-refractivity contribution in [3.8, 4) is 16.9 Å². The minimum absolute atomic E-state index is 0.00409. The average Bonchev–Trinajstić information content (AvgIpc) is 3.09. The van der Waals surface area contributed by atoms with Gasteiger partial charge in [0.25, 0.3) is 0 Å². The van der Waals surface area contributed by atoms with E-state index in [1.54, 1.807) is 18.2 Å². The number of aromatic carboxylic acids is 1. The molecule has 0 fully saturated rings. The molecule has 3 aromatic carbocycles. The van der Waals surface area contributed by atoms with Gasteiger partial charge >= 0.3 is 12.1 Å². The molecular weight excluding hydrogens is 394 g/mol. The fraction of sp³-hybridized carbons (Fsp3) is 0.120. The second-order valence-electron chi connectivity index (χ2n) is 7.19. The summed E-state index contributed by atoms with van der Waals surface area (Å²) in [7, 11) is 0. The normalized spacial score (nSPS) is 12.4. The van der Waals surface area contributed by atoms with Gasteiger partial charge in [-0.05, 0) is 39.9 Å². The Morgan fingerprint density at radius 1 is 0.968 bits per heavy atom. The van der Waals surface area contributed by atoms with Gasteiger partial charge in [0, 0.05) is 12.5 Å². The Hall–Kier alpha value is -4.06. The van der Waals surface area contributed by atoms with E-state index < -0.39 is 12.1 Å². The van der Waals surface area contributed by atoms with Crippen LogP contribution in [0.1, 0.15) is 33.0 Å². The number of ether oxygens (including phenoxy) is 1. The number of rotatable bonds is 6. The van der Waals surface area contributed by atoms with Gasteiger partial charge in [-0.15, -0.1) is 0 Å². The molecule has 0 aromatic heterocycles. The molecule has 6 nitrogen and oxygen atoms in total. The van der Waals surface area contributed by atoms with Crippen molar-refractivity contribution in [2.45, 2.75) is 5.92 Å². The number of carboxylic acids is 1. The molecule has 1 aliphatic rings. The highest BCUT2D eigenvalue weighted by atomic mass is 16.5. The third kappa shape index (κ3) is 4.28. The molecule has 0 atom stereocenters. The van der Waals surface area contributed by atoms with E-state index in [1.165, 1.54) is 23.3 Å². The van der Waals surface area contributed by atoms with Crippen molar-refractivity contribution in [3.63, 3.8) is 0 Å². The number of hydrogen-bond donors (Lipinski definition) is 3. The van der Waals surface area contributed by atoms with E-state index in [1.807, 2.05) is 24.3 Å². The highest BCUT2D eigenvalue weighted by molar-refractivity contribution is 5.91. The largest absolute Gasteiger partial charge is 0.507 e. The van der Waals surface area contributed by atoms with Crippen LogP contribution < -0.4 is 5.32 Å². The fourth-order valence-corrected chi connectivity index (χ4v) is 3.82. The molecule has 0 radical (unpaired) electrons. The van der Waals surface area contributed by atoms with Crippen LogP contribution >= 0.6 is 0 Å². The molecule has 6 heteroatoms. The Balaban J connectivity index is 1.32. The van der Waals surface area contributed by atoms with Crippen molar-refractivity contribution in [2.75, 3.05) is 13.2 Å². The molecule has 3 aromatic rings. The minimum atomic E-state index is -1.19. The summed E-state index contributed by atoms with van der Waals surface area (Å²) in [6, 6.07) is 20.5. The molecule has 0 saturated carbocycles. The van der Waals surface area contributed by atoms with Crippen molar-refractivity contribution in [3.05, 3.63) is 95.1 Å². The third-order valence-electron chi connectivity index (χ3n) is 5.27. The first kappa shape index (κ1) is 20.2. The molecule has 0 saturated heterocycles. The molecule has 1 amide bonds. The van der Waals surface area contributed by atoms with Gasteiger partial charge < -0.3 is 20.3 Å². The van der Waals surface area contributed by atoms with E-state index in [2.05, 4.69) is 29.6 Å². The second kappa shape index (κ2) is 8.75. The van der Waals surface area contributed by atoms with Gasteiger partial charge in [0.15, 0.2) is 0 Å². The zero-order valence-electron chi connectivity index (χ0n) is 16.6. The van der Waals surface area contributed by atoms with Crippen molar-refractivity contribution in [1.82, 2.24) is 5.32 Å². The lowest BCUT2D eigenvalue weighted by molar-refractivity contribution is 0.0693. The smallest absolute Gasteiger partial charge is 0.407 e. The molecular formula is C25H21NO5. The van der Waals surface area contributed by atoms with E-state index in [-0.39, 0.29) is 30.4 Å². The van der Waals surface area contributed by atoms with Crippen LogP contribution in [0.2, 0.25) is 0 Å². The number of aromatic hydroxyl groups is 1. The highest BCUT2D eigenvalue weighted by Gasteiger charge is 2.28. The summed E-state index contributed by atoms with van der Waals surface area (Å²) in [5.41, 5.74) is 5.12. The quantitative estimate of drug-likeness (QED) is 0.545. The first-order valence-corrected chi connectivity index (χ1v) is 9.86. The zero-order chi connectivity index (χ0) is 21.8. The molecule has 0 unspecified atom stereocenters. The molecule has 0 heterocycles. The van der Waals surface area contributed by atoms with Crippen LogP contribution in [-0.4, -0.2) is 35.4 Å². The number of nitrogens with one attached hydrogen (secondary N) is 1. The topological polar surface area (TPSA) is 95.9 Å². The summed E-state index contributed by atoms with van der Waals surface area (Å²) in [5.74, 6) is -1.49. The van der Waals surface area contributed by atoms with Crippen molar-refractivity contribution < 1.29 is 24.5 Å². The lowest BCUT2D eigenvalue weighted by Gasteiger charge is -2.14. The van der Waals surface area contributed by atoms with Crippen LogP contribution in [0.3, 0.4) is 0 Å². The highest BCUT2D eigenvalue weighted by Crippen LogP contribution is 2.44. The maximum atomic E-state index is 12.1. The van der Waals surface area contributed by atoms with Gasteiger partial charge in [-0.3, -0.25) is 0 Å². The first-order valence-electron chi connectivity index (χ1n) is 9.86. The fourth-order valence-electron chi connectivity index (χ4n) is 3.82. The summed E-state index contributed by atoms with van der Waals surface area (Å²) >= 11 is 0. The number of fused-ring (bicyclic) bond motifs is 3. The number of benzene rings is 3. The second-order valence-corrected chi connectivity index (χ2v) is 7.19. The van der Waals surface area contributed by atoms with Gasteiger partial charge in [-0.2, -0.15) is 0 Å². The van der Waals surface area contributed by atoms with E-state index in [4.69, 9.17) is 9.84 Å². The number of phenols is 1. The molecule has 1 aliphatic carbocycles. The van der Waals surface area contributed by atoms with Crippen molar-refractivity contribution >= 4 is 18.1 Å². The number of amides is 1.